The highest BCUT2D eigenvalue weighted by Crippen LogP contribution is 1.99. The lowest BCUT2D eigenvalue weighted by Gasteiger charge is -2.07. The number of aryl methyl sites for hydroxylation is 1. The van der Waals surface area contributed by atoms with Gasteiger partial charge in [-0.3, -0.25) is 0 Å². The summed E-state index contributed by atoms with van der Waals surface area (Å²) in [7, 11) is 1.91. The van der Waals surface area contributed by atoms with Crippen molar-refractivity contribution in [2.75, 3.05) is 6.61 Å². The molecule has 0 aliphatic carbocycles. The molecule has 0 fully saturated rings. The smallest absolute Gasteiger partial charge is 0.0947 e. The minimum atomic E-state index is -0.119. The monoisotopic (exact) mass is 170 g/mol. The van der Waals surface area contributed by atoms with Gasteiger partial charge >= 0.3 is 0 Å². The highest BCUT2D eigenvalue weighted by Gasteiger charge is 2.01. The van der Waals surface area contributed by atoms with E-state index in [1.807, 2.05) is 24.7 Å². The van der Waals surface area contributed by atoms with Crippen LogP contribution in [0, 0.1) is 0 Å². The van der Waals surface area contributed by atoms with Crippen LogP contribution in [0.15, 0.2) is 12.5 Å². The molecular formula is C8H14N2O2. The van der Waals surface area contributed by atoms with Crippen LogP contribution in [0.4, 0.5) is 0 Å². The van der Waals surface area contributed by atoms with Gasteiger partial charge < -0.3 is 14.4 Å². The van der Waals surface area contributed by atoms with Gasteiger partial charge in [0, 0.05) is 13.2 Å². The molecule has 1 rings (SSSR count). The summed E-state index contributed by atoms with van der Waals surface area (Å²) in [5.41, 5.74) is 0.887. The van der Waals surface area contributed by atoms with Crippen LogP contribution in [0.25, 0.3) is 0 Å². The molecular weight excluding hydrogens is 156 g/mol. The van der Waals surface area contributed by atoms with Gasteiger partial charge in [0.1, 0.15) is 0 Å². The van der Waals surface area contributed by atoms with Crippen molar-refractivity contribution in [3.8, 4) is 0 Å². The summed E-state index contributed by atoms with van der Waals surface area (Å²) in [6.45, 7) is 2.33. The van der Waals surface area contributed by atoms with Crippen LogP contribution < -0.4 is 0 Å². The number of aliphatic hydroxyl groups excluding tert-OH is 1. The normalized spacial score (nSPS) is 13.2. The SMILES string of the molecule is CC(CO)OCc1cn(C)cn1. The predicted octanol–water partition coefficient (Wildman–Crippen LogP) is 0.317. The zero-order valence-electron chi connectivity index (χ0n) is 7.40. The molecule has 0 radical (unpaired) electrons. The third-order valence-corrected chi connectivity index (χ3v) is 1.53. The number of aromatic nitrogens is 2. The fraction of sp³-hybridized carbons (Fsp3) is 0.625. The summed E-state index contributed by atoms with van der Waals surface area (Å²) in [6.07, 6.45) is 3.50. The Morgan fingerprint density at radius 1 is 1.75 bits per heavy atom. The van der Waals surface area contributed by atoms with Crippen LogP contribution >= 0.6 is 0 Å². The molecule has 1 heterocycles. The lowest BCUT2D eigenvalue weighted by Crippen LogP contribution is -2.12. The molecule has 0 aromatic carbocycles. The molecule has 0 amide bonds. The van der Waals surface area contributed by atoms with Crippen LogP contribution in [0.2, 0.25) is 0 Å². The molecule has 0 aliphatic rings. The summed E-state index contributed by atoms with van der Waals surface area (Å²) in [5, 5.41) is 8.67. The van der Waals surface area contributed by atoms with Gasteiger partial charge in [0.05, 0.1) is 31.3 Å². The minimum absolute atomic E-state index is 0.0484. The largest absolute Gasteiger partial charge is 0.394 e. The summed E-state index contributed by atoms with van der Waals surface area (Å²) in [5.74, 6) is 0. The summed E-state index contributed by atoms with van der Waals surface area (Å²) < 4.78 is 7.13. The second-order valence-corrected chi connectivity index (χ2v) is 2.83. The number of ether oxygens (including phenoxy) is 1. The Labute approximate surface area is 71.8 Å². The Hall–Kier alpha value is -0.870. The van der Waals surface area contributed by atoms with Gasteiger partial charge in [-0.25, -0.2) is 4.98 Å². The Morgan fingerprint density at radius 3 is 3.00 bits per heavy atom. The number of hydrogen-bond donors (Lipinski definition) is 1. The predicted molar refractivity (Wildman–Crippen MR) is 44.5 cm³/mol. The molecule has 1 aromatic heterocycles. The molecule has 4 nitrogen and oxygen atoms in total. The highest BCUT2D eigenvalue weighted by atomic mass is 16.5. The van der Waals surface area contributed by atoms with Crippen LogP contribution in [-0.4, -0.2) is 27.4 Å². The van der Waals surface area contributed by atoms with E-state index in [9.17, 15) is 0 Å². The summed E-state index contributed by atoms with van der Waals surface area (Å²) in [6, 6.07) is 0. The minimum Gasteiger partial charge on any atom is -0.394 e. The second-order valence-electron chi connectivity index (χ2n) is 2.83. The Morgan fingerprint density at radius 2 is 2.50 bits per heavy atom. The number of nitrogens with zero attached hydrogens (tertiary/aromatic N) is 2. The number of rotatable bonds is 4. The van der Waals surface area contributed by atoms with E-state index in [-0.39, 0.29) is 12.7 Å². The number of aliphatic hydroxyl groups is 1. The van der Waals surface area contributed by atoms with E-state index in [0.717, 1.165) is 5.69 Å². The lowest BCUT2D eigenvalue weighted by atomic mass is 10.4. The first kappa shape index (κ1) is 9.22. The molecule has 0 saturated carbocycles. The molecule has 0 bridgehead atoms. The van der Waals surface area contributed by atoms with E-state index in [4.69, 9.17) is 9.84 Å². The van der Waals surface area contributed by atoms with Crippen molar-refractivity contribution in [1.29, 1.82) is 0 Å². The standard InChI is InChI=1S/C8H14N2O2/c1-7(4-11)12-5-8-3-10(2)6-9-8/h3,6-7,11H,4-5H2,1-2H3. The van der Waals surface area contributed by atoms with Crippen molar-refractivity contribution >= 4 is 0 Å². The first-order valence-corrected chi connectivity index (χ1v) is 3.91. The van der Waals surface area contributed by atoms with Gasteiger partial charge in [-0.05, 0) is 6.92 Å². The molecule has 12 heavy (non-hydrogen) atoms. The van der Waals surface area contributed by atoms with Crippen molar-refractivity contribution in [3.05, 3.63) is 18.2 Å². The van der Waals surface area contributed by atoms with Gasteiger partial charge in [-0.2, -0.15) is 0 Å². The Balaban J connectivity index is 2.33. The van der Waals surface area contributed by atoms with Gasteiger partial charge in [-0.1, -0.05) is 0 Å². The highest BCUT2D eigenvalue weighted by molar-refractivity contribution is 4.93. The van der Waals surface area contributed by atoms with E-state index >= 15 is 0 Å². The molecule has 1 unspecified atom stereocenters. The average Bonchev–Trinajstić information content (AvgIpc) is 2.47. The lowest BCUT2D eigenvalue weighted by molar-refractivity contribution is 0.0131. The average molecular weight is 170 g/mol. The first-order chi connectivity index (χ1) is 5.72. The summed E-state index contributed by atoms with van der Waals surface area (Å²) in [4.78, 5) is 4.08. The van der Waals surface area contributed by atoms with Crippen molar-refractivity contribution in [1.82, 2.24) is 9.55 Å². The van der Waals surface area contributed by atoms with Gasteiger partial charge in [0.2, 0.25) is 0 Å². The molecule has 68 valence electrons. The van der Waals surface area contributed by atoms with E-state index in [2.05, 4.69) is 4.98 Å². The van der Waals surface area contributed by atoms with Crippen molar-refractivity contribution in [2.45, 2.75) is 19.6 Å². The molecule has 4 heteroatoms. The first-order valence-electron chi connectivity index (χ1n) is 3.91. The molecule has 1 aromatic rings. The second kappa shape index (κ2) is 4.23. The third kappa shape index (κ3) is 2.64. The zero-order chi connectivity index (χ0) is 8.97. The number of hydrogen-bond acceptors (Lipinski definition) is 3. The van der Waals surface area contributed by atoms with Crippen LogP contribution in [0.1, 0.15) is 12.6 Å². The van der Waals surface area contributed by atoms with E-state index < -0.39 is 0 Å². The van der Waals surface area contributed by atoms with E-state index in [1.54, 1.807) is 6.33 Å². The zero-order valence-corrected chi connectivity index (χ0v) is 7.40. The van der Waals surface area contributed by atoms with Crippen molar-refractivity contribution in [2.24, 2.45) is 7.05 Å². The molecule has 0 spiro atoms. The molecule has 0 saturated heterocycles. The fourth-order valence-corrected chi connectivity index (χ4v) is 0.822. The van der Waals surface area contributed by atoms with Crippen LogP contribution in [-0.2, 0) is 18.4 Å². The fourth-order valence-electron chi connectivity index (χ4n) is 0.822. The third-order valence-electron chi connectivity index (χ3n) is 1.53. The Bertz CT molecular complexity index is 235. The number of imidazole rings is 1. The quantitative estimate of drug-likeness (QED) is 0.707. The Kier molecular flexibility index (Phi) is 3.25. The van der Waals surface area contributed by atoms with Gasteiger partial charge in [0.25, 0.3) is 0 Å². The topological polar surface area (TPSA) is 47.3 Å². The summed E-state index contributed by atoms with van der Waals surface area (Å²) >= 11 is 0. The van der Waals surface area contributed by atoms with E-state index in [0.29, 0.717) is 6.61 Å². The van der Waals surface area contributed by atoms with Crippen molar-refractivity contribution < 1.29 is 9.84 Å². The maximum atomic E-state index is 8.67. The van der Waals surface area contributed by atoms with Crippen LogP contribution in [0.5, 0.6) is 0 Å². The molecule has 1 atom stereocenters. The van der Waals surface area contributed by atoms with Crippen LogP contribution in [0.3, 0.4) is 0 Å². The molecule has 1 N–H and O–H groups in total. The van der Waals surface area contributed by atoms with Gasteiger partial charge in [0.15, 0.2) is 0 Å². The maximum absolute atomic E-state index is 8.67. The molecule has 0 aliphatic heterocycles. The van der Waals surface area contributed by atoms with E-state index in [1.165, 1.54) is 0 Å². The van der Waals surface area contributed by atoms with Gasteiger partial charge in [-0.15, -0.1) is 0 Å². The van der Waals surface area contributed by atoms with Crippen molar-refractivity contribution in [3.63, 3.8) is 0 Å². The maximum Gasteiger partial charge on any atom is 0.0947 e.